The Morgan fingerprint density at radius 3 is 2.89 bits per heavy atom. The molecule has 0 bridgehead atoms. The predicted molar refractivity (Wildman–Crippen MR) is 61.7 cm³/mol. The van der Waals surface area contributed by atoms with Gasteiger partial charge in [-0.05, 0) is 12.3 Å². The number of piperidine rings is 1. The largest absolute Gasteiger partial charge is 0.469 e. The van der Waals surface area contributed by atoms with Crippen LogP contribution in [0.5, 0.6) is 0 Å². The number of hydrogen-bond acceptors (Lipinski definition) is 5. The first-order valence-electron chi connectivity index (χ1n) is 5.91. The normalized spacial score (nSPS) is 23.8. The molecule has 1 amide bonds. The standard InChI is InChI=1S/C12H16N2O4/c1-8-7-14(5-3-9(8)12(16)17-2)11(15)10-4-6-18-13-10/h4,6,8-9H,3,5,7H2,1-2H3/t8-,9+/m1/s1. The first-order valence-corrected chi connectivity index (χ1v) is 5.91. The van der Waals surface area contributed by atoms with Gasteiger partial charge in [0.2, 0.25) is 0 Å². The van der Waals surface area contributed by atoms with Crippen molar-refractivity contribution in [2.45, 2.75) is 13.3 Å². The summed E-state index contributed by atoms with van der Waals surface area (Å²) >= 11 is 0. The van der Waals surface area contributed by atoms with Crippen molar-refractivity contribution < 1.29 is 18.8 Å². The van der Waals surface area contributed by atoms with E-state index >= 15 is 0 Å². The third-order valence-electron chi connectivity index (χ3n) is 3.35. The van der Waals surface area contributed by atoms with Crippen molar-refractivity contribution in [3.8, 4) is 0 Å². The van der Waals surface area contributed by atoms with E-state index in [0.717, 1.165) is 0 Å². The molecule has 0 aliphatic carbocycles. The Morgan fingerprint density at radius 1 is 1.56 bits per heavy atom. The number of methoxy groups -OCH3 is 1. The Hall–Kier alpha value is -1.85. The molecular weight excluding hydrogens is 236 g/mol. The SMILES string of the molecule is COC(=O)[C@H]1CCN(C(=O)c2ccon2)C[C@H]1C. The van der Waals surface area contributed by atoms with E-state index in [1.54, 1.807) is 11.0 Å². The van der Waals surface area contributed by atoms with Gasteiger partial charge in [-0.3, -0.25) is 9.59 Å². The van der Waals surface area contributed by atoms with Gasteiger partial charge < -0.3 is 14.2 Å². The molecule has 1 saturated heterocycles. The van der Waals surface area contributed by atoms with Gasteiger partial charge >= 0.3 is 5.97 Å². The highest BCUT2D eigenvalue weighted by atomic mass is 16.5. The van der Waals surface area contributed by atoms with Crippen LogP contribution in [0.15, 0.2) is 16.9 Å². The van der Waals surface area contributed by atoms with E-state index in [2.05, 4.69) is 9.68 Å². The van der Waals surface area contributed by atoms with Crippen molar-refractivity contribution in [3.63, 3.8) is 0 Å². The van der Waals surface area contributed by atoms with E-state index in [1.807, 2.05) is 6.92 Å². The van der Waals surface area contributed by atoms with Gasteiger partial charge in [0.15, 0.2) is 5.69 Å². The molecule has 0 spiro atoms. The second-order valence-electron chi connectivity index (χ2n) is 4.53. The minimum Gasteiger partial charge on any atom is -0.469 e. The Balaban J connectivity index is 2.00. The van der Waals surface area contributed by atoms with Crippen LogP contribution in [-0.4, -0.2) is 42.1 Å². The maximum Gasteiger partial charge on any atom is 0.309 e. The van der Waals surface area contributed by atoms with E-state index in [-0.39, 0.29) is 23.7 Å². The van der Waals surface area contributed by atoms with E-state index in [9.17, 15) is 9.59 Å². The highest BCUT2D eigenvalue weighted by Crippen LogP contribution is 2.25. The summed E-state index contributed by atoms with van der Waals surface area (Å²) in [5, 5.41) is 3.63. The average Bonchev–Trinajstić information content (AvgIpc) is 2.90. The lowest BCUT2D eigenvalue weighted by Gasteiger charge is -2.35. The molecule has 0 N–H and O–H groups in total. The predicted octanol–water partition coefficient (Wildman–Crippen LogP) is 0.946. The lowest BCUT2D eigenvalue weighted by molar-refractivity contribution is -0.148. The van der Waals surface area contributed by atoms with Crippen molar-refractivity contribution in [2.75, 3.05) is 20.2 Å². The molecule has 1 fully saturated rings. The third kappa shape index (κ3) is 2.37. The molecule has 2 heterocycles. The number of likely N-dealkylation sites (tertiary alicyclic amines) is 1. The first-order chi connectivity index (χ1) is 8.63. The molecule has 1 aliphatic heterocycles. The van der Waals surface area contributed by atoms with Gasteiger partial charge in [0.05, 0.1) is 13.0 Å². The van der Waals surface area contributed by atoms with Crippen LogP contribution >= 0.6 is 0 Å². The fraction of sp³-hybridized carbons (Fsp3) is 0.583. The Morgan fingerprint density at radius 2 is 2.33 bits per heavy atom. The molecule has 0 unspecified atom stereocenters. The quantitative estimate of drug-likeness (QED) is 0.732. The molecule has 1 aliphatic rings. The van der Waals surface area contributed by atoms with Crippen LogP contribution in [0, 0.1) is 11.8 Å². The molecule has 2 rings (SSSR count). The number of ether oxygens (including phenoxy) is 1. The molecule has 1 aromatic rings. The van der Waals surface area contributed by atoms with E-state index in [0.29, 0.717) is 25.2 Å². The van der Waals surface area contributed by atoms with Crippen LogP contribution in [0.2, 0.25) is 0 Å². The zero-order valence-corrected chi connectivity index (χ0v) is 10.5. The topological polar surface area (TPSA) is 72.6 Å². The van der Waals surface area contributed by atoms with Gasteiger partial charge in [-0.1, -0.05) is 12.1 Å². The van der Waals surface area contributed by atoms with E-state index in [4.69, 9.17) is 4.74 Å². The second kappa shape index (κ2) is 5.20. The third-order valence-corrected chi connectivity index (χ3v) is 3.35. The van der Waals surface area contributed by atoms with Crippen LogP contribution in [-0.2, 0) is 9.53 Å². The Kier molecular flexibility index (Phi) is 3.64. The van der Waals surface area contributed by atoms with Crippen LogP contribution in [0.4, 0.5) is 0 Å². The summed E-state index contributed by atoms with van der Waals surface area (Å²) in [4.78, 5) is 25.3. The molecule has 6 nitrogen and oxygen atoms in total. The summed E-state index contributed by atoms with van der Waals surface area (Å²) in [6.45, 7) is 3.02. The molecule has 0 aromatic carbocycles. The number of rotatable bonds is 2. The minimum absolute atomic E-state index is 0.0852. The van der Waals surface area contributed by atoms with Gasteiger partial charge in [-0.2, -0.15) is 0 Å². The Labute approximate surface area is 105 Å². The molecular formula is C12H16N2O4. The van der Waals surface area contributed by atoms with Crippen LogP contribution in [0.25, 0.3) is 0 Å². The average molecular weight is 252 g/mol. The van der Waals surface area contributed by atoms with Gasteiger partial charge in [-0.25, -0.2) is 0 Å². The molecule has 98 valence electrons. The van der Waals surface area contributed by atoms with Crippen molar-refractivity contribution in [3.05, 3.63) is 18.0 Å². The number of aromatic nitrogens is 1. The molecule has 0 radical (unpaired) electrons. The summed E-state index contributed by atoms with van der Waals surface area (Å²) in [5.74, 6) is -0.395. The van der Waals surface area contributed by atoms with Gasteiger partial charge in [0.25, 0.3) is 5.91 Å². The summed E-state index contributed by atoms with van der Waals surface area (Å²) in [7, 11) is 1.39. The van der Waals surface area contributed by atoms with Crippen molar-refractivity contribution in [2.24, 2.45) is 11.8 Å². The number of esters is 1. The fourth-order valence-electron chi connectivity index (χ4n) is 2.32. The second-order valence-corrected chi connectivity index (χ2v) is 4.53. The van der Waals surface area contributed by atoms with Crippen molar-refractivity contribution >= 4 is 11.9 Å². The number of carbonyl (C=O) groups is 2. The molecule has 6 heteroatoms. The monoisotopic (exact) mass is 252 g/mol. The van der Waals surface area contributed by atoms with Crippen LogP contribution in [0.1, 0.15) is 23.8 Å². The van der Waals surface area contributed by atoms with Crippen molar-refractivity contribution in [1.29, 1.82) is 0 Å². The van der Waals surface area contributed by atoms with E-state index < -0.39 is 0 Å². The molecule has 0 saturated carbocycles. The van der Waals surface area contributed by atoms with E-state index in [1.165, 1.54) is 13.4 Å². The van der Waals surface area contributed by atoms with Crippen molar-refractivity contribution in [1.82, 2.24) is 10.1 Å². The maximum atomic E-state index is 12.0. The van der Waals surface area contributed by atoms with Gasteiger partial charge in [0.1, 0.15) is 6.26 Å². The summed E-state index contributed by atoms with van der Waals surface area (Å²) < 4.78 is 9.42. The summed E-state index contributed by atoms with van der Waals surface area (Å²) in [5.41, 5.74) is 0.304. The number of nitrogens with zero attached hydrogens (tertiary/aromatic N) is 2. The smallest absolute Gasteiger partial charge is 0.309 e. The lowest BCUT2D eigenvalue weighted by Crippen LogP contribution is -2.45. The zero-order valence-electron chi connectivity index (χ0n) is 10.5. The summed E-state index contributed by atoms with van der Waals surface area (Å²) in [6, 6.07) is 1.54. The first kappa shape index (κ1) is 12.6. The number of hydrogen-bond donors (Lipinski definition) is 0. The molecule has 1 aromatic heterocycles. The zero-order chi connectivity index (χ0) is 13.1. The van der Waals surface area contributed by atoms with Gasteiger partial charge in [0, 0.05) is 19.2 Å². The van der Waals surface area contributed by atoms with Crippen LogP contribution in [0.3, 0.4) is 0 Å². The number of amides is 1. The molecule has 18 heavy (non-hydrogen) atoms. The van der Waals surface area contributed by atoms with Crippen LogP contribution < -0.4 is 0 Å². The molecule has 2 atom stereocenters. The highest BCUT2D eigenvalue weighted by molar-refractivity contribution is 5.92. The van der Waals surface area contributed by atoms with Gasteiger partial charge in [-0.15, -0.1) is 0 Å². The lowest BCUT2D eigenvalue weighted by atomic mass is 9.87. The Bertz CT molecular complexity index is 429. The minimum atomic E-state index is -0.198. The summed E-state index contributed by atoms with van der Waals surface area (Å²) in [6.07, 6.45) is 2.00. The number of carbonyl (C=O) groups excluding carboxylic acids is 2. The maximum absolute atomic E-state index is 12.0. The highest BCUT2D eigenvalue weighted by Gasteiger charge is 2.34. The fourth-order valence-corrected chi connectivity index (χ4v) is 2.32.